The van der Waals surface area contributed by atoms with E-state index in [0.29, 0.717) is 5.02 Å². The zero-order chi connectivity index (χ0) is 14.1. The fourth-order valence-electron chi connectivity index (χ4n) is 2.33. The summed E-state index contributed by atoms with van der Waals surface area (Å²) in [5, 5.41) is 1.61. The lowest BCUT2D eigenvalue weighted by Crippen LogP contribution is -2.08. The second-order valence-corrected chi connectivity index (χ2v) is 5.12. The Labute approximate surface area is 122 Å². The van der Waals surface area contributed by atoms with Crippen LogP contribution in [-0.2, 0) is 0 Å². The maximum absolute atomic E-state index is 6.11. The molecule has 0 aliphatic heterocycles. The molecular formula is C16H14ClN3. The molecule has 1 aromatic heterocycles. The third kappa shape index (κ3) is 2.22. The fraction of sp³-hybridized carbons (Fsp3) is 0.0625. The van der Waals surface area contributed by atoms with Crippen LogP contribution >= 0.6 is 11.6 Å². The van der Waals surface area contributed by atoms with Crippen LogP contribution < -0.4 is 11.3 Å². The van der Waals surface area contributed by atoms with Crippen molar-refractivity contribution < 1.29 is 0 Å². The first kappa shape index (κ1) is 12.9. The number of aryl methyl sites for hydroxylation is 1. The maximum atomic E-state index is 6.11. The summed E-state index contributed by atoms with van der Waals surface area (Å²) in [5.74, 6) is 5.64. The van der Waals surface area contributed by atoms with E-state index in [2.05, 4.69) is 5.43 Å². The molecule has 3 aromatic rings. The molecule has 0 atom stereocenters. The molecule has 4 heteroatoms. The predicted octanol–water partition coefficient (Wildman–Crippen LogP) is 4.15. The first-order valence-corrected chi connectivity index (χ1v) is 6.70. The highest BCUT2D eigenvalue weighted by Gasteiger charge is 2.09. The predicted molar refractivity (Wildman–Crippen MR) is 84.7 cm³/mol. The van der Waals surface area contributed by atoms with Crippen molar-refractivity contribution in [2.24, 2.45) is 5.84 Å². The molecule has 0 saturated carbocycles. The summed E-state index contributed by atoms with van der Waals surface area (Å²) in [7, 11) is 0. The van der Waals surface area contributed by atoms with E-state index in [1.165, 1.54) is 0 Å². The summed E-state index contributed by atoms with van der Waals surface area (Å²) in [4.78, 5) is 4.74. The van der Waals surface area contributed by atoms with Gasteiger partial charge in [0.2, 0.25) is 0 Å². The van der Waals surface area contributed by atoms with Crippen LogP contribution in [-0.4, -0.2) is 4.98 Å². The van der Waals surface area contributed by atoms with E-state index < -0.39 is 0 Å². The van der Waals surface area contributed by atoms with Crippen molar-refractivity contribution in [1.29, 1.82) is 0 Å². The van der Waals surface area contributed by atoms with Gasteiger partial charge in [-0.1, -0.05) is 41.9 Å². The number of anilines is 1. The molecule has 20 heavy (non-hydrogen) atoms. The molecule has 0 fully saturated rings. The van der Waals surface area contributed by atoms with E-state index in [9.17, 15) is 0 Å². The highest BCUT2D eigenvalue weighted by atomic mass is 35.5. The number of rotatable bonds is 2. The normalized spacial score (nSPS) is 10.8. The third-order valence-electron chi connectivity index (χ3n) is 3.29. The van der Waals surface area contributed by atoms with Gasteiger partial charge in [0.15, 0.2) is 0 Å². The summed E-state index contributed by atoms with van der Waals surface area (Å²) in [6, 6.07) is 15.7. The minimum Gasteiger partial charge on any atom is -0.323 e. The number of nitrogens with zero attached hydrogens (tertiary/aromatic N) is 1. The number of nitrogen functional groups attached to an aromatic ring is 1. The molecule has 0 spiro atoms. The standard InChI is InChI=1S/C16H14ClN3/c1-10-7-12(17)8-13-15(20-18)9-14(19-16(10)13)11-5-3-2-4-6-11/h2-9H,18H2,1H3,(H,19,20). The number of benzene rings is 2. The van der Waals surface area contributed by atoms with Gasteiger partial charge in [-0.2, -0.15) is 0 Å². The molecule has 3 rings (SSSR count). The summed E-state index contributed by atoms with van der Waals surface area (Å²) < 4.78 is 0. The molecule has 100 valence electrons. The van der Waals surface area contributed by atoms with E-state index in [1.54, 1.807) is 0 Å². The number of aromatic nitrogens is 1. The van der Waals surface area contributed by atoms with Crippen LogP contribution in [0.5, 0.6) is 0 Å². The van der Waals surface area contributed by atoms with Crippen LogP contribution in [0.3, 0.4) is 0 Å². The Kier molecular flexibility index (Phi) is 3.30. The van der Waals surface area contributed by atoms with Crippen LogP contribution in [0.15, 0.2) is 48.5 Å². The van der Waals surface area contributed by atoms with E-state index in [4.69, 9.17) is 22.4 Å². The Morgan fingerprint density at radius 1 is 1.10 bits per heavy atom. The van der Waals surface area contributed by atoms with Gasteiger partial charge in [0, 0.05) is 16.0 Å². The number of nitrogens with one attached hydrogen (secondary N) is 1. The molecule has 2 aromatic carbocycles. The average Bonchev–Trinajstić information content (AvgIpc) is 2.47. The smallest absolute Gasteiger partial charge is 0.0760 e. The maximum Gasteiger partial charge on any atom is 0.0760 e. The van der Waals surface area contributed by atoms with Crippen molar-refractivity contribution in [2.45, 2.75) is 6.92 Å². The Morgan fingerprint density at radius 2 is 1.85 bits per heavy atom. The fourth-order valence-corrected chi connectivity index (χ4v) is 2.61. The Hall–Kier alpha value is -2.10. The Morgan fingerprint density at radius 3 is 2.55 bits per heavy atom. The van der Waals surface area contributed by atoms with E-state index in [0.717, 1.165) is 33.4 Å². The van der Waals surface area contributed by atoms with Crippen LogP contribution in [0.4, 0.5) is 5.69 Å². The second kappa shape index (κ2) is 5.12. The molecule has 3 N–H and O–H groups in total. The highest BCUT2D eigenvalue weighted by molar-refractivity contribution is 6.31. The SMILES string of the molecule is Cc1cc(Cl)cc2c(NN)cc(-c3ccccc3)nc12. The zero-order valence-corrected chi connectivity index (χ0v) is 11.8. The van der Waals surface area contributed by atoms with Crippen molar-refractivity contribution in [3.8, 4) is 11.3 Å². The monoisotopic (exact) mass is 283 g/mol. The van der Waals surface area contributed by atoms with Gasteiger partial charge >= 0.3 is 0 Å². The van der Waals surface area contributed by atoms with Gasteiger partial charge in [-0.15, -0.1) is 0 Å². The van der Waals surface area contributed by atoms with Crippen LogP contribution in [0.25, 0.3) is 22.2 Å². The van der Waals surface area contributed by atoms with Gasteiger partial charge in [-0.25, -0.2) is 4.98 Å². The van der Waals surface area contributed by atoms with Crippen molar-refractivity contribution in [3.05, 3.63) is 59.1 Å². The van der Waals surface area contributed by atoms with Gasteiger partial charge < -0.3 is 5.43 Å². The number of nitrogens with two attached hydrogens (primary N) is 1. The number of halogens is 1. The lowest BCUT2D eigenvalue weighted by atomic mass is 10.1. The summed E-state index contributed by atoms with van der Waals surface area (Å²) in [6.45, 7) is 2.00. The first-order chi connectivity index (χ1) is 9.69. The summed E-state index contributed by atoms with van der Waals surface area (Å²) >= 11 is 6.11. The average molecular weight is 284 g/mol. The molecule has 3 nitrogen and oxygen atoms in total. The topological polar surface area (TPSA) is 50.9 Å². The molecule has 0 amide bonds. The molecular weight excluding hydrogens is 270 g/mol. The van der Waals surface area contributed by atoms with Crippen LogP contribution in [0, 0.1) is 6.92 Å². The lowest BCUT2D eigenvalue weighted by Gasteiger charge is -2.11. The minimum absolute atomic E-state index is 0.681. The number of hydrogen-bond acceptors (Lipinski definition) is 3. The Bertz CT molecular complexity index is 770. The number of hydrogen-bond donors (Lipinski definition) is 2. The molecule has 1 heterocycles. The quantitative estimate of drug-likeness (QED) is 0.549. The van der Waals surface area contributed by atoms with Crippen molar-refractivity contribution in [2.75, 3.05) is 5.43 Å². The minimum atomic E-state index is 0.681. The van der Waals surface area contributed by atoms with Gasteiger partial charge in [-0.05, 0) is 30.7 Å². The number of hydrazine groups is 1. The second-order valence-electron chi connectivity index (χ2n) is 4.68. The number of fused-ring (bicyclic) bond motifs is 1. The molecule has 0 unspecified atom stereocenters. The van der Waals surface area contributed by atoms with Gasteiger partial charge in [0.25, 0.3) is 0 Å². The molecule has 0 radical (unpaired) electrons. The summed E-state index contributed by atoms with van der Waals surface area (Å²) in [5.41, 5.74) is 7.43. The van der Waals surface area contributed by atoms with E-state index in [-0.39, 0.29) is 0 Å². The van der Waals surface area contributed by atoms with Crippen LogP contribution in [0.2, 0.25) is 5.02 Å². The zero-order valence-electron chi connectivity index (χ0n) is 11.0. The van der Waals surface area contributed by atoms with Gasteiger partial charge in [-0.3, -0.25) is 5.84 Å². The van der Waals surface area contributed by atoms with Crippen molar-refractivity contribution >= 4 is 28.2 Å². The Balaban J connectivity index is 2.32. The van der Waals surface area contributed by atoms with Crippen molar-refractivity contribution in [1.82, 2.24) is 4.98 Å². The third-order valence-corrected chi connectivity index (χ3v) is 3.51. The summed E-state index contributed by atoms with van der Waals surface area (Å²) in [6.07, 6.45) is 0. The molecule has 0 aliphatic rings. The molecule has 0 aliphatic carbocycles. The highest BCUT2D eigenvalue weighted by Crippen LogP contribution is 2.31. The molecule has 0 bridgehead atoms. The largest absolute Gasteiger partial charge is 0.323 e. The van der Waals surface area contributed by atoms with E-state index >= 15 is 0 Å². The van der Waals surface area contributed by atoms with Gasteiger partial charge in [0.1, 0.15) is 0 Å². The number of pyridine rings is 1. The molecule has 0 saturated heterocycles. The van der Waals surface area contributed by atoms with Gasteiger partial charge in [0.05, 0.1) is 16.9 Å². The lowest BCUT2D eigenvalue weighted by molar-refractivity contribution is 1.32. The first-order valence-electron chi connectivity index (χ1n) is 6.32. The van der Waals surface area contributed by atoms with E-state index in [1.807, 2.05) is 55.5 Å². The van der Waals surface area contributed by atoms with Crippen molar-refractivity contribution in [3.63, 3.8) is 0 Å². The van der Waals surface area contributed by atoms with Crippen LogP contribution in [0.1, 0.15) is 5.56 Å².